The quantitative estimate of drug-likeness (QED) is 0.870. The third kappa shape index (κ3) is 3.23. The first-order chi connectivity index (χ1) is 8.22. The molecule has 1 unspecified atom stereocenters. The molecule has 2 rings (SSSR count). The van der Waals surface area contributed by atoms with Gasteiger partial charge in [-0.3, -0.25) is 9.89 Å². The van der Waals surface area contributed by atoms with Gasteiger partial charge < -0.3 is 10.2 Å². The Morgan fingerprint density at radius 3 is 3.06 bits per heavy atom. The monoisotopic (exact) mass is 272 g/mol. The minimum absolute atomic E-state index is 0. The first-order valence-corrected chi connectivity index (χ1v) is 6.16. The highest BCUT2D eigenvalue weighted by atomic mass is 35.5. The van der Waals surface area contributed by atoms with Crippen molar-refractivity contribution < 1.29 is 4.79 Å². The molecule has 1 aromatic heterocycles. The molecule has 0 bridgehead atoms. The number of aromatic amines is 1. The van der Waals surface area contributed by atoms with Crippen molar-refractivity contribution in [2.45, 2.75) is 19.8 Å². The van der Waals surface area contributed by atoms with Crippen molar-refractivity contribution in [3.63, 3.8) is 0 Å². The van der Waals surface area contributed by atoms with Crippen LogP contribution in [0.5, 0.6) is 0 Å². The maximum atomic E-state index is 12.3. The van der Waals surface area contributed by atoms with E-state index in [1.807, 2.05) is 18.9 Å². The molecule has 1 saturated heterocycles. The average molecular weight is 273 g/mol. The van der Waals surface area contributed by atoms with Crippen LogP contribution in [-0.2, 0) is 0 Å². The average Bonchev–Trinajstić information content (AvgIpc) is 2.75. The zero-order chi connectivity index (χ0) is 12.3. The fourth-order valence-corrected chi connectivity index (χ4v) is 2.44. The van der Waals surface area contributed by atoms with E-state index in [-0.39, 0.29) is 18.3 Å². The van der Waals surface area contributed by atoms with E-state index in [0.29, 0.717) is 11.5 Å². The predicted molar refractivity (Wildman–Crippen MR) is 73.1 cm³/mol. The van der Waals surface area contributed by atoms with Gasteiger partial charge in [-0.15, -0.1) is 12.4 Å². The Morgan fingerprint density at radius 1 is 1.67 bits per heavy atom. The number of H-pyrrole nitrogens is 1. The SMILES string of the molecule is CNCC1CCCN(C(=O)c2cn[nH]c2C)C1.Cl. The molecule has 2 heterocycles. The highest BCUT2D eigenvalue weighted by Gasteiger charge is 2.25. The van der Waals surface area contributed by atoms with Crippen LogP contribution in [0, 0.1) is 12.8 Å². The van der Waals surface area contributed by atoms with Gasteiger partial charge in [-0.1, -0.05) is 0 Å². The van der Waals surface area contributed by atoms with Crippen LogP contribution in [0.4, 0.5) is 0 Å². The van der Waals surface area contributed by atoms with Crippen molar-refractivity contribution in [3.05, 3.63) is 17.5 Å². The molecule has 0 spiro atoms. The van der Waals surface area contributed by atoms with Crippen molar-refractivity contribution in [1.82, 2.24) is 20.4 Å². The highest BCUT2D eigenvalue weighted by molar-refractivity contribution is 5.95. The summed E-state index contributed by atoms with van der Waals surface area (Å²) in [5.74, 6) is 0.682. The summed E-state index contributed by atoms with van der Waals surface area (Å²) in [5.41, 5.74) is 1.56. The molecule has 1 aliphatic rings. The molecule has 1 amide bonds. The van der Waals surface area contributed by atoms with Crippen LogP contribution < -0.4 is 5.32 Å². The van der Waals surface area contributed by atoms with Gasteiger partial charge in [-0.2, -0.15) is 5.10 Å². The van der Waals surface area contributed by atoms with Gasteiger partial charge in [0, 0.05) is 18.8 Å². The zero-order valence-electron chi connectivity index (χ0n) is 10.9. The number of halogens is 1. The smallest absolute Gasteiger partial charge is 0.257 e. The molecule has 1 atom stereocenters. The topological polar surface area (TPSA) is 61.0 Å². The summed E-state index contributed by atoms with van der Waals surface area (Å²) in [7, 11) is 1.96. The summed E-state index contributed by atoms with van der Waals surface area (Å²) in [4.78, 5) is 14.2. The van der Waals surface area contributed by atoms with E-state index in [2.05, 4.69) is 15.5 Å². The standard InChI is InChI=1S/C12H20N4O.ClH/c1-9-11(7-14-15-9)12(17)16-5-3-4-10(8-16)6-13-2;/h7,10,13H,3-6,8H2,1-2H3,(H,14,15);1H. The van der Waals surface area contributed by atoms with Crippen molar-refractivity contribution in [3.8, 4) is 0 Å². The first-order valence-electron chi connectivity index (χ1n) is 6.16. The summed E-state index contributed by atoms with van der Waals surface area (Å²) in [5, 5.41) is 9.91. The van der Waals surface area contributed by atoms with Gasteiger partial charge in [0.25, 0.3) is 5.91 Å². The first kappa shape index (κ1) is 15.0. The zero-order valence-corrected chi connectivity index (χ0v) is 11.7. The number of nitrogens with zero attached hydrogens (tertiary/aromatic N) is 2. The minimum atomic E-state index is 0. The predicted octanol–water partition coefficient (Wildman–Crippen LogP) is 1.21. The molecular weight excluding hydrogens is 252 g/mol. The largest absolute Gasteiger partial charge is 0.338 e. The van der Waals surface area contributed by atoms with Crippen molar-refractivity contribution in [1.29, 1.82) is 0 Å². The molecule has 1 aromatic rings. The van der Waals surface area contributed by atoms with Gasteiger partial charge in [-0.05, 0) is 39.3 Å². The lowest BCUT2D eigenvalue weighted by atomic mass is 9.97. The fourth-order valence-electron chi connectivity index (χ4n) is 2.44. The molecule has 2 N–H and O–H groups in total. The Labute approximate surface area is 114 Å². The maximum Gasteiger partial charge on any atom is 0.257 e. The van der Waals surface area contributed by atoms with E-state index in [0.717, 1.165) is 31.7 Å². The Kier molecular flexibility index (Phi) is 5.62. The molecule has 18 heavy (non-hydrogen) atoms. The number of rotatable bonds is 3. The van der Waals surface area contributed by atoms with Crippen LogP contribution >= 0.6 is 12.4 Å². The Balaban J connectivity index is 0.00000162. The summed E-state index contributed by atoms with van der Waals surface area (Å²) in [6.45, 7) is 4.58. The lowest BCUT2D eigenvalue weighted by molar-refractivity contribution is 0.0673. The van der Waals surface area contributed by atoms with E-state index < -0.39 is 0 Å². The van der Waals surface area contributed by atoms with Gasteiger partial charge in [0.1, 0.15) is 0 Å². The second-order valence-corrected chi connectivity index (χ2v) is 4.73. The number of amides is 1. The molecular formula is C12H21ClN4O. The Morgan fingerprint density at radius 2 is 2.44 bits per heavy atom. The molecule has 1 aliphatic heterocycles. The van der Waals surface area contributed by atoms with Crippen LogP contribution in [0.1, 0.15) is 28.9 Å². The molecule has 6 heteroatoms. The molecule has 0 saturated carbocycles. The number of carbonyl (C=O) groups excluding carboxylic acids is 1. The van der Waals surface area contributed by atoms with E-state index in [4.69, 9.17) is 0 Å². The molecule has 102 valence electrons. The lowest BCUT2D eigenvalue weighted by Gasteiger charge is -2.32. The third-order valence-electron chi connectivity index (χ3n) is 3.36. The lowest BCUT2D eigenvalue weighted by Crippen LogP contribution is -2.42. The number of piperidine rings is 1. The van der Waals surface area contributed by atoms with Gasteiger partial charge >= 0.3 is 0 Å². The van der Waals surface area contributed by atoms with Crippen LogP contribution in [0.2, 0.25) is 0 Å². The second-order valence-electron chi connectivity index (χ2n) is 4.73. The molecule has 0 aromatic carbocycles. The van der Waals surface area contributed by atoms with Gasteiger partial charge in [0.2, 0.25) is 0 Å². The number of nitrogens with one attached hydrogen (secondary N) is 2. The molecule has 1 fully saturated rings. The van der Waals surface area contributed by atoms with Crippen LogP contribution in [-0.4, -0.2) is 47.7 Å². The highest BCUT2D eigenvalue weighted by Crippen LogP contribution is 2.18. The number of carbonyl (C=O) groups is 1. The maximum absolute atomic E-state index is 12.3. The van der Waals surface area contributed by atoms with E-state index in [1.54, 1.807) is 6.20 Å². The van der Waals surface area contributed by atoms with Crippen LogP contribution in [0.25, 0.3) is 0 Å². The fraction of sp³-hybridized carbons (Fsp3) is 0.667. The second kappa shape index (κ2) is 6.75. The Hall–Kier alpha value is -1.07. The van der Waals surface area contributed by atoms with Crippen LogP contribution in [0.3, 0.4) is 0 Å². The number of likely N-dealkylation sites (tertiary alicyclic amines) is 1. The van der Waals surface area contributed by atoms with Crippen molar-refractivity contribution in [2.24, 2.45) is 5.92 Å². The molecule has 0 radical (unpaired) electrons. The minimum Gasteiger partial charge on any atom is -0.338 e. The van der Waals surface area contributed by atoms with E-state index >= 15 is 0 Å². The van der Waals surface area contributed by atoms with Gasteiger partial charge in [0.15, 0.2) is 0 Å². The van der Waals surface area contributed by atoms with Crippen LogP contribution in [0.15, 0.2) is 6.20 Å². The Bertz CT molecular complexity index is 391. The number of aromatic nitrogens is 2. The van der Waals surface area contributed by atoms with Gasteiger partial charge in [0.05, 0.1) is 11.8 Å². The summed E-state index contributed by atoms with van der Waals surface area (Å²) < 4.78 is 0. The number of hydrogen-bond acceptors (Lipinski definition) is 3. The van der Waals surface area contributed by atoms with E-state index in [9.17, 15) is 4.79 Å². The van der Waals surface area contributed by atoms with E-state index in [1.165, 1.54) is 6.42 Å². The van der Waals surface area contributed by atoms with Gasteiger partial charge in [-0.25, -0.2) is 0 Å². The molecule has 0 aliphatic carbocycles. The number of hydrogen-bond donors (Lipinski definition) is 2. The van der Waals surface area contributed by atoms with Crippen molar-refractivity contribution >= 4 is 18.3 Å². The van der Waals surface area contributed by atoms with Crippen molar-refractivity contribution in [2.75, 3.05) is 26.7 Å². The summed E-state index contributed by atoms with van der Waals surface area (Å²) in [6, 6.07) is 0. The summed E-state index contributed by atoms with van der Waals surface area (Å²) in [6.07, 6.45) is 3.92. The number of aryl methyl sites for hydroxylation is 1. The molecule has 5 nitrogen and oxygen atoms in total. The normalized spacial score (nSPS) is 19.4. The summed E-state index contributed by atoms with van der Waals surface area (Å²) >= 11 is 0. The third-order valence-corrected chi connectivity index (χ3v) is 3.36.